The van der Waals surface area contributed by atoms with Gasteiger partial charge in [-0.05, 0) is 55.3 Å². The second-order valence-electron chi connectivity index (χ2n) is 4.69. The first-order valence-corrected chi connectivity index (χ1v) is 8.22. The topological polar surface area (TPSA) is 26.3 Å². The molecule has 0 unspecified atom stereocenters. The van der Waals surface area contributed by atoms with E-state index in [1.165, 1.54) is 10.5 Å². The lowest BCUT2D eigenvalue weighted by molar-refractivity contribution is 0.0526. The van der Waals surface area contributed by atoms with Crippen molar-refractivity contribution in [3.8, 4) is 0 Å². The van der Waals surface area contributed by atoms with E-state index >= 15 is 0 Å². The predicted molar refractivity (Wildman–Crippen MR) is 87.9 cm³/mol. The zero-order valence-corrected chi connectivity index (χ0v) is 13.1. The fourth-order valence-electron chi connectivity index (χ4n) is 2.05. The van der Waals surface area contributed by atoms with E-state index in [-0.39, 0.29) is 5.97 Å². The number of thioether (sulfide) groups is 1. The lowest BCUT2D eigenvalue weighted by Crippen LogP contribution is -2.05. The molecule has 0 bridgehead atoms. The number of carbonyl (C=O) groups excluding carboxylic acids is 1. The van der Waals surface area contributed by atoms with Crippen molar-refractivity contribution in [2.45, 2.75) is 24.7 Å². The van der Waals surface area contributed by atoms with Crippen LogP contribution in [0.15, 0.2) is 59.5 Å². The average molecular weight is 300 g/mol. The number of esters is 1. The van der Waals surface area contributed by atoms with E-state index in [4.69, 9.17) is 4.74 Å². The Hall–Kier alpha value is -1.74. The van der Waals surface area contributed by atoms with Gasteiger partial charge in [0.1, 0.15) is 0 Å². The molecule has 2 nitrogen and oxygen atoms in total. The van der Waals surface area contributed by atoms with E-state index in [0.717, 1.165) is 18.6 Å². The van der Waals surface area contributed by atoms with Gasteiger partial charge in [0.2, 0.25) is 0 Å². The second-order valence-corrected chi connectivity index (χ2v) is 5.85. The summed E-state index contributed by atoms with van der Waals surface area (Å²) in [5, 5.41) is 0. The molecule has 0 atom stereocenters. The van der Waals surface area contributed by atoms with Gasteiger partial charge in [-0.15, -0.1) is 11.8 Å². The number of aryl methyl sites for hydroxylation is 1. The Morgan fingerprint density at radius 1 is 1.10 bits per heavy atom. The summed E-state index contributed by atoms with van der Waals surface area (Å²) in [5.41, 5.74) is 1.83. The maximum absolute atomic E-state index is 11.7. The van der Waals surface area contributed by atoms with E-state index in [1.807, 2.05) is 36.9 Å². The molecular weight excluding hydrogens is 280 g/mol. The molecule has 0 amide bonds. The van der Waals surface area contributed by atoms with Gasteiger partial charge in [-0.3, -0.25) is 0 Å². The summed E-state index contributed by atoms with van der Waals surface area (Å²) in [7, 11) is 0. The Labute approximate surface area is 130 Å². The number of hydrogen-bond donors (Lipinski definition) is 0. The van der Waals surface area contributed by atoms with Crippen molar-refractivity contribution in [2.24, 2.45) is 0 Å². The van der Waals surface area contributed by atoms with Crippen LogP contribution in [0.25, 0.3) is 0 Å². The van der Waals surface area contributed by atoms with Crippen LogP contribution in [-0.4, -0.2) is 18.3 Å². The summed E-state index contributed by atoms with van der Waals surface area (Å²) in [4.78, 5) is 13.0. The first-order valence-electron chi connectivity index (χ1n) is 7.23. The van der Waals surface area contributed by atoms with E-state index in [1.54, 1.807) is 6.07 Å². The van der Waals surface area contributed by atoms with Gasteiger partial charge in [-0.25, -0.2) is 4.79 Å². The van der Waals surface area contributed by atoms with E-state index < -0.39 is 0 Å². The quantitative estimate of drug-likeness (QED) is 0.425. The fourth-order valence-corrected chi connectivity index (χ4v) is 2.93. The zero-order chi connectivity index (χ0) is 14.9. The molecule has 0 saturated heterocycles. The summed E-state index contributed by atoms with van der Waals surface area (Å²) >= 11 is 1.87. The predicted octanol–water partition coefficient (Wildman–Crippen LogP) is 4.59. The number of benzene rings is 2. The molecule has 0 spiro atoms. The van der Waals surface area contributed by atoms with Crippen molar-refractivity contribution in [3.63, 3.8) is 0 Å². The molecule has 0 heterocycles. The van der Waals surface area contributed by atoms with Crippen molar-refractivity contribution in [1.82, 2.24) is 0 Å². The van der Waals surface area contributed by atoms with Crippen molar-refractivity contribution in [3.05, 3.63) is 65.7 Å². The molecule has 0 aliphatic rings. The zero-order valence-electron chi connectivity index (χ0n) is 12.2. The highest BCUT2D eigenvalue weighted by Gasteiger charge is 2.06. The third-order valence-corrected chi connectivity index (χ3v) is 4.16. The summed E-state index contributed by atoms with van der Waals surface area (Å²) in [6.45, 7) is 2.24. The lowest BCUT2D eigenvalue weighted by Gasteiger charge is -2.05. The van der Waals surface area contributed by atoms with Crippen LogP contribution in [0.5, 0.6) is 0 Å². The highest BCUT2D eigenvalue weighted by atomic mass is 32.2. The van der Waals surface area contributed by atoms with Crippen LogP contribution in [0.4, 0.5) is 0 Å². The van der Waals surface area contributed by atoms with Gasteiger partial charge in [-0.1, -0.05) is 30.3 Å². The molecule has 21 heavy (non-hydrogen) atoms. The third-order valence-electron chi connectivity index (χ3n) is 3.06. The first-order chi connectivity index (χ1) is 10.3. The minimum atomic E-state index is -0.238. The normalized spacial score (nSPS) is 10.3. The van der Waals surface area contributed by atoms with Crippen LogP contribution in [0.2, 0.25) is 0 Å². The molecule has 2 aromatic rings. The van der Waals surface area contributed by atoms with Crippen LogP contribution in [-0.2, 0) is 11.2 Å². The van der Waals surface area contributed by atoms with E-state index in [9.17, 15) is 4.79 Å². The molecule has 3 heteroatoms. The molecule has 0 aliphatic carbocycles. The van der Waals surface area contributed by atoms with Crippen LogP contribution < -0.4 is 0 Å². The molecule has 2 rings (SSSR count). The maximum atomic E-state index is 11.7. The van der Waals surface area contributed by atoms with Crippen molar-refractivity contribution in [1.29, 1.82) is 0 Å². The molecule has 0 fully saturated rings. The summed E-state index contributed by atoms with van der Waals surface area (Å²) < 4.78 is 5.02. The Kier molecular flexibility index (Phi) is 6.35. The largest absolute Gasteiger partial charge is 0.462 e. The molecule has 0 saturated carbocycles. The monoisotopic (exact) mass is 300 g/mol. The van der Waals surface area contributed by atoms with Crippen LogP contribution >= 0.6 is 11.8 Å². The Morgan fingerprint density at radius 2 is 1.90 bits per heavy atom. The standard InChI is InChI=1S/C18H20O2S/c1-2-20-18(19)16-10-6-8-15(14-16)9-7-13-21-17-11-4-3-5-12-17/h3-6,8,10-12,14H,2,7,9,13H2,1H3. The number of hydrogen-bond acceptors (Lipinski definition) is 3. The van der Waals surface area contributed by atoms with Gasteiger partial charge in [0.15, 0.2) is 0 Å². The van der Waals surface area contributed by atoms with Crippen LogP contribution in [0.3, 0.4) is 0 Å². The van der Waals surface area contributed by atoms with Gasteiger partial charge < -0.3 is 4.74 Å². The number of ether oxygens (including phenoxy) is 1. The summed E-state index contributed by atoms with van der Waals surface area (Å²) in [5.74, 6) is 0.839. The number of rotatable bonds is 7. The fraction of sp³-hybridized carbons (Fsp3) is 0.278. The molecule has 110 valence electrons. The molecule has 0 radical (unpaired) electrons. The Morgan fingerprint density at radius 3 is 2.67 bits per heavy atom. The number of carbonyl (C=O) groups is 1. The first kappa shape index (κ1) is 15.6. The Bertz CT molecular complexity index is 566. The van der Waals surface area contributed by atoms with Crippen molar-refractivity contribution >= 4 is 17.7 Å². The maximum Gasteiger partial charge on any atom is 0.338 e. The second kappa shape index (κ2) is 8.53. The molecule has 0 aromatic heterocycles. The smallest absolute Gasteiger partial charge is 0.338 e. The van der Waals surface area contributed by atoms with Crippen molar-refractivity contribution < 1.29 is 9.53 Å². The highest BCUT2D eigenvalue weighted by Crippen LogP contribution is 2.19. The molecule has 0 N–H and O–H groups in total. The third kappa shape index (κ3) is 5.27. The van der Waals surface area contributed by atoms with Crippen LogP contribution in [0.1, 0.15) is 29.3 Å². The SMILES string of the molecule is CCOC(=O)c1cccc(CCCSc2ccccc2)c1. The average Bonchev–Trinajstić information content (AvgIpc) is 2.53. The van der Waals surface area contributed by atoms with Gasteiger partial charge in [-0.2, -0.15) is 0 Å². The minimum absolute atomic E-state index is 0.238. The molecule has 0 aliphatic heterocycles. The van der Waals surface area contributed by atoms with E-state index in [2.05, 4.69) is 30.3 Å². The lowest BCUT2D eigenvalue weighted by atomic mass is 10.1. The Balaban J connectivity index is 1.80. The molecule has 2 aromatic carbocycles. The van der Waals surface area contributed by atoms with Gasteiger partial charge in [0.25, 0.3) is 0 Å². The van der Waals surface area contributed by atoms with E-state index in [0.29, 0.717) is 12.2 Å². The summed E-state index contributed by atoms with van der Waals surface area (Å²) in [6, 6.07) is 18.1. The van der Waals surface area contributed by atoms with Gasteiger partial charge in [0.05, 0.1) is 12.2 Å². The van der Waals surface area contributed by atoms with Gasteiger partial charge in [0, 0.05) is 4.90 Å². The highest BCUT2D eigenvalue weighted by molar-refractivity contribution is 7.99. The van der Waals surface area contributed by atoms with Gasteiger partial charge >= 0.3 is 5.97 Å². The van der Waals surface area contributed by atoms with Crippen molar-refractivity contribution in [2.75, 3.05) is 12.4 Å². The molecular formula is C18H20O2S. The minimum Gasteiger partial charge on any atom is -0.462 e. The summed E-state index contributed by atoms with van der Waals surface area (Å²) in [6.07, 6.45) is 2.07. The van der Waals surface area contributed by atoms with Crippen LogP contribution in [0, 0.1) is 0 Å².